The maximum atomic E-state index is 9.31. The van der Waals surface area contributed by atoms with Gasteiger partial charge in [0.25, 0.3) is 0 Å². The maximum Gasteiger partial charge on any atom is 0.383 e. The Bertz CT molecular complexity index is 329. The lowest BCUT2D eigenvalue weighted by Crippen LogP contribution is -2.09. The predicted octanol–water partition coefficient (Wildman–Crippen LogP) is 1.56. The van der Waals surface area contributed by atoms with Crippen molar-refractivity contribution in [2.75, 3.05) is 0 Å². The molecule has 0 unspecified atom stereocenters. The monoisotopic (exact) mass is 251 g/mol. The molecule has 0 aromatic carbocycles. The molecule has 0 saturated carbocycles. The lowest BCUT2D eigenvalue weighted by molar-refractivity contribution is 0.0211. The van der Waals surface area contributed by atoms with E-state index in [0.717, 1.165) is 0 Å². The predicted molar refractivity (Wildman–Crippen MR) is 43.0 cm³/mol. The van der Waals surface area contributed by atoms with E-state index in [1.165, 1.54) is 0 Å². The summed E-state index contributed by atoms with van der Waals surface area (Å²) in [6, 6.07) is 3.23. The summed E-state index contributed by atoms with van der Waals surface area (Å²) in [5.41, 5.74) is 0.218. The van der Waals surface area contributed by atoms with Gasteiger partial charge in [-0.1, -0.05) is 11.6 Å². The number of hydrogen-bond donors (Lipinski definition) is 1. The van der Waals surface area contributed by atoms with Gasteiger partial charge in [0.1, 0.15) is 5.15 Å². The van der Waals surface area contributed by atoms with Gasteiger partial charge in [-0.15, -0.1) is 0 Å². The van der Waals surface area contributed by atoms with E-state index in [4.69, 9.17) is 11.6 Å². The molecule has 0 aliphatic carbocycles. The standard InChI is InChI=1S/C6H3BrClNO3/c7-3-1-2-4(8)9-5(3)6(10)11-12-6/h1-2,10H. The second-order valence-electron chi connectivity index (χ2n) is 2.21. The highest BCUT2D eigenvalue weighted by molar-refractivity contribution is 9.10. The van der Waals surface area contributed by atoms with Crippen LogP contribution in [0, 0.1) is 0 Å². The van der Waals surface area contributed by atoms with Crippen LogP contribution in [0.5, 0.6) is 0 Å². The maximum absolute atomic E-state index is 9.31. The third-order valence-corrected chi connectivity index (χ3v) is 2.20. The first-order valence-electron chi connectivity index (χ1n) is 3.03. The molecule has 0 amide bonds. The molecular formula is C6H3BrClNO3. The summed E-state index contributed by atoms with van der Waals surface area (Å²) in [6.07, 6.45) is 0. The molecule has 1 N–H and O–H groups in total. The Hall–Kier alpha value is -0.200. The Labute approximate surface area is 81.1 Å². The first-order valence-corrected chi connectivity index (χ1v) is 4.21. The third-order valence-electron chi connectivity index (χ3n) is 1.35. The van der Waals surface area contributed by atoms with Gasteiger partial charge >= 0.3 is 5.97 Å². The van der Waals surface area contributed by atoms with Crippen LogP contribution in [-0.4, -0.2) is 10.1 Å². The van der Waals surface area contributed by atoms with Crippen LogP contribution in [-0.2, 0) is 15.7 Å². The molecule has 1 aromatic heterocycles. The highest BCUT2D eigenvalue weighted by Crippen LogP contribution is 2.40. The lowest BCUT2D eigenvalue weighted by atomic mass is 10.3. The van der Waals surface area contributed by atoms with Gasteiger partial charge in [0.15, 0.2) is 5.69 Å². The number of rotatable bonds is 1. The molecule has 4 nitrogen and oxygen atoms in total. The van der Waals surface area contributed by atoms with Crippen LogP contribution in [0.2, 0.25) is 5.15 Å². The van der Waals surface area contributed by atoms with Crippen molar-refractivity contribution in [1.82, 2.24) is 4.98 Å². The normalized spacial score (nSPS) is 19.2. The number of nitrogens with zero attached hydrogens (tertiary/aromatic N) is 1. The zero-order valence-corrected chi connectivity index (χ0v) is 7.96. The van der Waals surface area contributed by atoms with Crippen molar-refractivity contribution in [1.29, 1.82) is 0 Å². The van der Waals surface area contributed by atoms with Gasteiger partial charge in [-0.3, -0.25) is 0 Å². The summed E-state index contributed by atoms with van der Waals surface area (Å²) in [4.78, 5) is 12.5. The van der Waals surface area contributed by atoms with Gasteiger partial charge in [0, 0.05) is 4.47 Å². The van der Waals surface area contributed by atoms with Crippen LogP contribution in [0.4, 0.5) is 0 Å². The van der Waals surface area contributed by atoms with Gasteiger partial charge < -0.3 is 5.11 Å². The number of pyridine rings is 1. The molecule has 2 heterocycles. The van der Waals surface area contributed by atoms with Gasteiger partial charge in [0.2, 0.25) is 0 Å². The average molecular weight is 252 g/mol. The minimum atomic E-state index is -1.72. The molecule has 1 saturated heterocycles. The number of aliphatic hydroxyl groups is 1. The molecule has 1 aromatic rings. The summed E-state index contributed by atoms with van der Waals surface area (Å²) in [7, 11) is 0. The Morgan fingerprint density at radius 1 is 1.50 bits per heavy atom. The van der Waals surface area contributed by atoms with E-state index in [1.807, 2.05) is 0 Å². The van der Waals surface area contributed by atoms with Crippen LogP contribution in [0.25, 0.3) is 0 Å². The first kappa shape index (κ1) is 8.40. The van der Waals surface area contributed by atoms with E-state index in [1.54, 1.807) is 12.1 Å². The van der Waals surface area contributed by atoms with E-state index in [9.17, 15) is 5.11 Å². The minimum absolute atomic E-state index is 0.218. The molecule has 0 bridgehead atoms. The van der Waals surface area contributed by atoms with Crippen LogP contribution in [0.1, 0.15) is 5.69 Å². The Morgan fingerprint density at radius 2 is 2.17 bits per heavy atom. The Balaban J connectivity index is 2.48. The van der Waals surface area contributed by atoms with Crippen molar-refractivity contribution in [3.05, 3.63) is 27.5 Å². The Kier molecular flexibility index (Phi) is 1.85. The van der Waals surface area contributed by atoms with Gasteiger partial charge in [-0.05, 0) is 28.1 Å². The second-order valence-corrected chi connectivity index (χ2v) is 3.45. The molecular weight excluding hydrogens is 249 g/mol. The Morgan fingerprint density at radius 3 is 2.75 bits per heavy atom. The van der Waals surface area contributed by atoms with E-state index in [-0.39, 0.29) is 10.8 Å². The van der Waals surface area contributed by atoms with Crippen molar-refractivity contribution >= 4 is 27.5 Å². The highest BCUT2D eigenvalue weighted by atomic mass is 79.9. The zero-order chi connectivity index (χ0) is 8.77. The largest absolute Gasteiger partial charge is 0.383 e. The zero-order valence-electron chi connectivity index (χ0n) is 5.62. The molecule has 2 rings (SSSR count). The smallest absolute Gasteiger partial charge is 0.335 e. The van der Waals surface area contributed by atoms with Crippen molar-refractivity contribution in [2.45, 2.75) is 5.97 Å². The van der Waals surface area contributed by atoms with Crippen molar-refractivity contribution < 1.29 is 14.9 Å². The van der Waals surface area contributed by atoms with E-state index in [0.29, 0.717) is 4.47 Å². The molecule has 0 atom stereocenters. The lowest BCUT2D eigenvalue weighted by Gasteiger charge is -2.01. The van der Waals surface area contributed by atoms with Crippen LogP contribution in [0.15, 0.2) is 16.6 Å². The van der Waals surface area contributed by atoms with Crippen molar-refractivity contribution in [3.63, 3.8) is 0 Å². The van der Waals surface area contributed by atoms with Gasteiger partial charge in [-0.25, -0.2) is 4.98 Å². The number of hydrogen-bond acceptors (Lipinski definition) is 4. The van der Waals surface area contributed by atoms with Crippen LogP contribution in [0.3, 0.4) is 0 Å². The van der Waals surface area contributed by atoms with Gasteiger partial charge in [-0.2, -0.15) is 9.78 Å². The number of aromatic nitrogens is 1. The summed E-state index contributed by atoms with van der Waals surface area (Å²) < 4.78 is 0.576. The molecule has 1 aliphatic heterocycles. The first-order chi connectivity index (χ1) is 5.62. The molecule has 12 heavy (non-hydrogen) atoms. The molecule has 0 radical (unpaired) electrons. The average Bonchev–Trinajstić information content (AvgIpc) is 2.75. The topological polar surface area (TPSA) is 58.2 Å². The second kappa shape index (κ2) is 2.65. The van der Waals surface area contributed by atoms with Crippen LogP contribution < -0.4 is 0 Å². The van der Waals surface area contributed by atoms with Crippen molar-refractivity contribution in [2.24, 2.45) is 0 Å². The van der Waals surface area contributed by atoms with Crippen LogP contribution >= 0.6 is 27.5 Å². The molecule has 0 spiro atoms. The fraction of sp³-hybridized carbons (Fsp3) is 0.167. The third kappa shape index (κ3) is 1.34. The van der Waals surface area contributed by atoms with E-state index < -0.39 is 5.97 Å². The molecule has 1 fully saturated rings. The highest BCUT2D eigenvalue weighted by Gasteiger charge is 2.52. The summed E-state index contributed by atoms with van der Waals surface area (Å²) >= 11 is 8.76. The quantitative estimate of drug-likeness (QED) is 0.468. The summed E-state index contributed by atoms with van der Waals surface area (Å²) in [5, 5.41) is 9.57. The minimum Gasteiger partial charge on any atom is -0.335 e. The molecule has 64 valence electrons. The fourth-order valence-electron chi connectivity index (χ4n) is 0.758. The SMILES string of the molecule is OC1(c2nc(Cl)ccc2Br)OO1. The number of halogens is 2. The van der Waals surface area contributed by atoms with Crippen molar-refractivity contribution in [3.8, 4) is 0 Å². The summed E-state index contributed by atoms with van der Waals surface area (Å²) in [5.74, 6) is -1.72. The molecule has 6 heteroatoms. The van der Waals surface area contributed by atoms with Gasteiger partial charge in [0.05, 0.1) is 0 Å². The summed E-state index contributed by atoms with van der Waals surface area (Å²) in [6.45, 7) is 0. The van der Waals surface area contributed by atoms with E-state index >= 15 is 0 Å². The fourth-order valence-corrected chi connectivity index (χ4v) is 1.38. The molecule has 1 aliphatic rings. The van der Waals surface area contributed by atoms with E-state index in [2.05, 4.69) is 30.7 Å².